The lowest BCUT2D eigenvalue weighted by molar-refractivity contribution is 0.480. The van der Waals surface area contributed by atoms with Crippen LogP contribution in [0, 0.1) is 17.8 Å². The Bertz CT molecular complexity index is 428. The van der Waals surface area contributed by atoms with E-state index in [1.54, 1.807) is 0 Å². The summed E-state index contributed by atoms with van der Waals surface area (Å²) >= 11 is 0. The van der Waals surface area contributed by atoms with Gasteiger partial charge in [0.05, 0.1) is 0 Å². The predicted octanol–water partition coefficient (Wildman–Crippen LogP) is 4.42. The van der Waals surface area contributed by atoms with Gasteiger partial charge in [-0.2, -0.15) is 0 Å². The van der Waals surface area contributed by atoms with E-state index >= 15 is 0 Å². The molecule has 2 saturated carbocycles. The zero-order valence-electron chi connectivity index (χ0n) is 12.5. The fourth-order valence-electron chi connectivity index (χ4n) is 4.01. The van der Waals surface area contributed by atoms with Crippen LogP contribution in [0.25, 0.3) is 0 Å². The number of nitrogens with two attached hydrogens (primary N) is 1. The second kappa shape index (κ2) is 4.63. The summed E-state index contributed by atoms with van der Waals surface area (Å²) in [5.41, 5.74) is 9.49. The van der Waals surface area contributed by atoms with E-state index < -0.39 is 0 Å². The van der Waals surface area contributed by atoms with Crippen LogP contribution in [0.5, 0.6) is 0 Å². The van der Waals surface area contributed by atoms with Crippen LogP contribution in [0.15, 0.2) is 24.3 Å². The predicted molar refractivity (Wildman–Crippen MR) is 81.0 cm³/mol. The van der Waals surface area contributed by atoms with Gasteiger partial charge in [0.1, 0.15) is 0 Å². The minimum atomic E-state index is 0.232. The van der Waals surface area contributed by atoms with Crippen LogP contribution >= 0.6 is 0 Å². The molecule has 104 valence electrons. The van der Waals surface area contributed by atoms with Crippen LogP contribution < -0.4 is 5.73 Å². The third-order valence-electron chi connectivity index (χ3n) is 5.30. The molecule has 0 saturated heterocycles. The van der Waals surface area contributed by atoms with E-state index in [0.29, 0.717) is 0 Å². The molecule has 2 fully saturated rings. The molecule has 3 unspecified atom stereocenters. The molecule has 0 aromatic heterocycles. The zero-order chi connectivity index (χ0) is 13.6. The Morgan fingerprint density at radius 2 is 1.53 bits per heavy atom. The summed E-state index contributed by atoms with van der Waals surface area (Å²) in [7, 11) is 0. The summed E-state index contributed by atoms with van der Waals surface area (Å²) in [5.74, 6) is 2.64. The summed E-state index contributed by atoms with van der Waals surface area (Å²) in [6.45, 7) is 6.78. The number of benzene rings is 1. The molecule has 2 N–H and O–H groups in total. The Morgan fingerprint density at radius 3 is 2.00 bits per heavy atom. The number of hydrogen-bond donors (Lipinski definition) is 1. The SMILES string of the molecule is CC(C)(C)c1ccc(C(N)C2C3CCCCC32)cc1. The van der Waals surface area contributed by atoms with E-state index in [0.717, 1.165) is 17.8 Å². The van der Waals surface area contributed by atoms with E-state index in [9.17, 15) is 0 Å². The van der Waals surface area contributed by atoms with Gasteiger partial charge >= 0.3 is 0 Å². The van der Waals surface area contributed by atoms with Crippen molar-refractivity contribution in [3.05, 3.63) is 35.4 Å². The van der Waals surface area contributed by atoms with Gasteiger partial charge in [0.25, 0.3) is 0 Å². The number of rotatable bonds is 2. The maximum Gasteiger partial charge on any atom is 0.0329 e. The monoisotopic (exact) mass is 257 g/mol. The highest BCUT2D eigenvalue weighted by Gasteiger charge is 2.53. The smallest absolute Gasteiger partial charge is 0.0329 e. The first-order valence-electron chi connectivity index (χ1n) is 7.84. The first-order valence-corrected chi connectivity index (χ1v) is 7.84. The summed E-state index contributed by atoms with van der Waals surface area (Å²) < 4.78 is 0. The maximum atomic E-state index is 6.52. The van der Waals surface area contributed by atoms with Crippen LogP contribution in [0.1, 0.15) is 63.6 Å². The van der Waals surface area contributed by atoms with Crippen LogP contribution in [0.4, 0.5) is 0 Å². The Hall–Kier alpha value is -0.820. The fraction of sp³-hybridized carbons (Fsp3) is 0.667. The normalized spacial score (nSPS) is 31.7. The van der Waals surface area contributed by atoms with E-state index in [1.165, 1.54) is 36.8 Å². The summed E-state index contributed by atoms with van der Waals surface area (Å²) in [6.07, 6.45) is 5.69. The molecule has 0 heterocycles. The summed E-state index contributed by atoms with van der Waals surface area (Å²) in [4.78, 5) is 0. The van der Waals surface area contributed by atoms with Crippen molar-refractivity contribution in [3.8, 4) is 0 Å². The molecule has 3 atom stereocenters. The van der Waals surface area contributed by atoms with Crippen molar-refractivity contribution < 1.29 is 0 Å². The van der Waals surface area contributed by atoms with E-state index in [4.69, 9.17) is 5.73 Å². The molecule has 0 bridgehead atoms. The van der Waals surface area contributed by atoms with Crippen molar-refractivity contribution in [1.82, 2.24) is 0 Å². The number of hydrogen-bond acceptors (Lipinski definition) is 1. The lowest BCUT2D eigenvalue weighted by Crippen LogP contribution is -2.16. The quantitative estimate of drug-likeness (QED) is 0.834. The highest BCUT2D eigenvalue weighted by Crippen LogP contribution is 2.59. The second-order valence-electron chi connectivity index (χ2n) is 7.59. The lowest BCUT2D eigenvalue weighted by Gasteiger charge is -2.20. The van der Waals surface area contributed by atoms with Crippen molar-refractivity contribution in [2.24, 2.45) is 23.5 Å². The molecule has 0 spiro atoms. The van der Waals surface area contributed by atoms with Crippen molar-refractivity contribution in [2.75, 3.05) is 0 Å². The van der Waals surface area contributed by atoms with Crippen LogP contribution in [0.3, 0.4) is 0 Å². The zero-order valence-corrected chi connectivity index (χ0v) is 12.5. The van der Waals surface area contributed by atoms with E-state index in [-0.39, 0.29) is 11.5 Å². The standard InChI is InChI=1S/C18H27N/c1-18(2,3)13-10-8-12(9-11-13)17(19)16-14-6-4-5-7-15(14)16/h8-11,14-17H,4-7,19H2,1-3H3. The highest BCUT2D eigenvalue weighted by molar-refractivity contribution is 5.30. The molecule has 1 aromatic rings. The average molecular weight is 257 g/mol. The molecule has 3 rings (SSSR count). The van der Waals surface area contributed by atoms with Crippen molar-refractivity contribution in [1.29, 1.82) is 0 Å². The topological polar surface area (TPSA) is 26.0 Å². The van der Waals surface area contributed by atoms with Gasteiger partial charge < -0.3 is 5.73 Å². The van der Waals surface area contributed by atoms with Crippen molar-refractivity contribution in [2.45, 2.75) is 57.9 Å². The largest absolute Gasteiger partial charge is 0.324 e. The van der Waals surface area contributed by atoms with Crippen molar-refractivity contribution in [3.63, 3.8) is 0 Å². The first-order chi connectivity index (χ1) is 8.98. The Kier molecular flexibility index (Phi) is 3.21. The van der Waals surface area contributed by atoms with Crippen LogP contribution in [-0.2, 0) is 5.41 Å². The molecule has 2 aliphatic rings. The molecule has 0 amide bonds. The Labute approximate surface area is 117 Å². The second-order valence-corrected chi connectivity index (χ2v) is 7.59. The maximum absolute atomic E-state index is 6.52. The molecule has 1 heteroatoms. The molecule has 19 heavy (non-hydrogen) atoms. The minimum absolute atomic E-state index is 0.232. The highest BCUT2D eigenvalue weighted by atomic mass is 14.7. The summed E-state index contributed by atoms with van der Waals surface area (Å²) in [6, 6.07) is 9.32. The molecular weight excluding hydrogens is 230 g/mol. The molecular formula is C18H27N. The van der Waals surface area contributed by atoms with Gasteiger partial charge in [-0.3, -0.25) is 0 Å². The molecule has 1 nitrogen and oxygen atoms in total. The third-order valence-corrected chi connectivity index (χ3v) is 5.30. The van der Waals surface area contributed by atoms with E-state index in [2.05, 4.69) is 45.0 Å². The fourth-order valence-corrected chi connectivity index (χ4v) is 4.01. The van der Waals surface area contributed by atoms with Gasteiger partial charge in [0.2, 0.25) is 0 Å². The molecule has 2 aliphatic carbocycles. The van der Waals surface area contributed by atoms with Crippen molar-refractivity contribution >= 4 is 0 Å². The molecule has 0 aliphatic heterocycles. The van der Waals surface area contributed by atoms with Gasteiger partial charge in [-0.15, -0.1) is 0 Å². The Balaban J connectivity index is 1.72. The minimum Gasteiger partial charge on any atom is -0.324 e. The van der Waals surface area contributed by atoms with Gasteiger partial charge in [-0.1, -0.05) is 57.9 Å². The third kappa shape index (κ3) is 2.45. The average Bonchev–Trinajstić information content (AvgIpc) is 3.11. The van der Waals surface area contributed by atoms with E-state index in [1.807, 2.05) is 0 Å². The van der Waals surface area contributed by atoms with Gasteiger partial charge in [-0.25, -0.2) is 0 Å². The van der Waals surface area contributed by atoms with Gasteiger partial charge in [0.15, 0.2) is 0 Å². The molecule has 0 radical (unpaired) electrons. The van der Waals surface area contributed by atoms with Crippen LogP contribution in [-0.4, -0.2) is 0 Å². The molecule has 1 aromatic carbocycles. The lowest BCUT2D eigenvalue weighted by atomic mass is 9.86. The first kappa shape index (κ1) is 13.2. The van der Waals surface area contributed by atoms with Gasteiger partial charge in [-0.05, 0) is 47.1 Å². The summed E-state index contributed by atoms with van der Waals surface area (Å²) in [5, 5.41) is 0. The number of fused-ring (bicyclic) bond motifs is 1. The van der Waals surface area contributed by atoms with Crippen LogP contribution in [0.2, 0.25) is 0 Å². The Morgan fingerprint density at radius 1 is 1.00 bits per heavy atom. The van der Waals surface area contributed by atoms with Gasteiger partial charge in [0, 0.05) is 6.04 Å².